The van der Waals surface area contributed by atoms with Crippen LogP contribution >= 0.6 is 0 Å². The molecule has 0 bridgehead atoms. The topological polar surface area (TPSA) is 64.3 Å². The Labute approximate surface area is 102 Å². The maximum Gasteiger partial charge on any atom is 0.407 e. The van der Waals surface area contributed by atoms with Gasteiger partial charge in [-0.2, -0.15) is 0 Å². The van der Waals surface area contributed by atoms with Gasteiger partial charge in [-0.05, 0) is 18.9 Å². The fraction of sp³-hybridized carbons (Fsp3) is 0.462. The molecule has 0 heterocycles. The molecule has 1 aromatic rings. The fourth-order valence-electron chi connectivity index (χ4n) is 1.29. The molecule has 0 aliphatic rings. The Balaban J connectivity index is 2.40. The molecule has 0 unspecified atom stereocenters. The number of hydrogen-bond acceptors (Lipinski definition) is 3. The number of nitrogens with two attached hydrogens (primary N) is 1. The highest BCUT2D eigenvalue weighted by atomic mass is 16.5. The Morgan fingerprint density at radius 3 is 2.59 bits per heavy atom. The zero-order valence-corrected chi connectivity index (χ0v) is 10.4. The van der Waals surface area contributed by atoms with Crippen LogP contribution in [0.3, 0.4) is 0 Å². The Bertz CT molecular complexity index is 348. The molecule has 4 nitrogen and oxygen atoms in total. The summed E-state index contributed by atoms with van der Waals surface area (Å²) in [4.78, 5) is 11.6. The summed E-state index contributed by atoms with van der Waals surface area (Å²) in [5.41, 5.74) is 6.17. The van der Waals surface area contributed by atoms with Gasteiger partial charge in [0, 0.05) is 6.54 Å². The van der Waals surface area contributed by atoms with Crippen molar-refractivity contribution >= 4 is 6.09 Å². The molecule has 1 atom stereocenters. The van der Waals surface area contributed by atoms with Crippen LogP contribution in [0.1, 0.15) is 25.8 Å². The van der Waals surface area contributed by atoms with E-state index in [-0.39, 0.29) is 6.61 Å². The lowest BCUT2D eigenvalue weighted by atomic mass is 10.00. The van der Waals surface area contributed by atoms with Crippen molar-refractivity contribution in [3.63, 3.8) is 0 Å². The van der Waals surface area contributed by atoms with E-state index in [1.807, 2.05) is 44.2 Å². The highest BCUT2D eigenvalue weighted by molar-refractivity contribution is 5.68. The first-order valence-corrected chi connectivity index (χ1v) is 5.78. The number of carbonyl (C=O) groups is 1. The van der Waals surface area contributed by atoms with Crippen molar-refractivity contribution in [2.75, 3.05) is 6.54 Å². The van der Waals surface area contributed by atoms with Crippen LogP contribution in [-0.2, 0) is 11.3 Å². The molecule has 0 radical (unpaired) electrons. The molecule has 0 saturated carbocycles. The summed E-state index contributed by atoms with van der Waals surface area (Å²) in [7, 11) is 0. The second-order valence-corrected chi connectivity index (χ2v) is 4.31. The number of ether oxygens (including phenoxy) is 1. The molecule has 17 heavy (non-hydrogen) atoms. The van der Waals surface area contributed by atoms with Gasteiger partial charge in [0.15, 0.2) is 0 Å². The van der Waals surface area contributed by atoms with E-state index < -0.39 is 11.6 Å². The van der Waals surface area contributed by atoms with Crippen LogP contribution in [0.2, 0.25) is 0 Å². The van der Waals surface area contributed by atoms with Gasteiger partial charge in [0.2, 0.25) is 0 Å². The minimum Gasteiger partial charge on any atom is -0.445 e. The van der Waals surface area contributed by atoms with Crippen molar-refractivity contribution in [3.05, 3.63) is 35.9 Å². The second kappa shape index (κ2) is 6.25. The van der Waals surface area contributed by atoms with Gasteiger partial charge in [-0.15, -0.1) is 0 Å². The molecular weight excluding hydrogens is 216 g/mol. The predicted molar refractivity (Wildman–Crippen MR) is 67.5 cm³/mol. The minimum absolute atomic E-state index is 0.275. The zero-order valence-electron chi connectivity index (χ0n) is 10.4. The van der Waals surface area contributed by atoms with E-state index in [1.54, 1.807) is 0 Å². The molecule has 1 rings (SSSR count). The van der Waals surface area contributed by atoms with Gasteiger partial charge in [0.05, 0.1) is 5.54 Å². The lowest BCUT2D eigenvalue weighted by molar-refractivity contribution is 0.128. The van der Waals surface area contributed by atoms with Crippen LogP contribution in [0, 0.1) is 0 Å². The average molecular weight is 236 g/mol. The van der Waals surface area contributed by atoms with Crippen LogP contribution in [0.15, 0.2) is 30.3 Å². The first kappa shape index (κ1) is 13.5. The van der Waals surface area contributed by atoms with Gasteiger partial charge in [0.25, 0.3) is 0 Å². The Morgan fingerprint density at radius 1 is 1.41 bits per heavy atom. The Morgan fingerprint density at radius 2 is 2.06 bits per heavy atom. The number of carbonyl (C=O) groups excluding carboxylic acids is 1. The van der Waals surface area contributed by atoms with Crippen molar-refractivity contribution < 1.29 is 9.53 Å². The van der Waals surface area contributed by atoms with E-state index >= 15 is 0 Å². The van der Waals surface area contributed by atoms with E-state index in [1.165, 1.54) is 0 Å². The highest BCUT2D eigenvalue weighted by Crippen LogP contribution is 2.07. The summed E-state index contributed by atoms with van der Waals surface area (Å²) in [5.74, 6) is 0. The zero-order chi connectivity index (χ0) is 12.7. The maximum atomic E-state index is 11.6. The smallest absolute Gasteiger partial charge is 0.407 e. The van der Waals surface area contributed by atoms with Crippen molar-refractivity contribution in [1.82, 2.24) is 5.32 Å². The van der Waals surface area contributed by atoms with Gasteiger partial charge in [-0.25, -0.2) is 4.79 Å². The van der Waals surface area contributed by atoms with Crippen LogP contribution < -0.4 is 11.1 Å². The third kappa shape index (κ3) is 4.44. The van der Waals surface area contributed by atoms with Crippen LogP contribution in [0.25, 0.3) is 0 Å². The number of alkyl carbamates (subject to hydrolysis) is 1. The largest absolute Gasteiger partial charge is 0.445 e. The lowest BCUT2D eigenvalue weighted by Crippen LogP contribution is -2.51. The van der Waals surface area contributed by atoms with Crippen molar-refractivity contribution in [3.8, 4) is 0 Å². The summed E-state index contributed by atoms with van der Waals surface area (Å²) in [6.45, 7) is 4.54. The van der Waals surface area contributed by atoms with Gasteiger partial charge in [-0.3, -0.25) is 0 Å². The van der Waals surface area contributed by atoms with E-state index in [9.17, 15) is 4.79 Å². The van der Waals surface area contributed by atoms with E-state index in [2.05, 4.69) is 5.32 Å². The molecule has 1 amide bonds. The molecule has 1 aromatic carbocycles. The van der Waals surface area contributed by atoms with Crippen LogP contribution in [0.5, 0.6) is 0 Å². The summed E-state index contributed by atoms with van der Waals surface area (Å²) in [6.07, 6.45) is 0.341. The van der Waals surface area contributed by atoms with Crippen molar-refractivity contribution in [1.29, 1.82) is 0 Å². The molecule has 3 N–H and O–H groups in total. The SMILES string of the molecule is CC[C@](C)(CN)NC(=O)OCc1ccccc1. The third-order valence-electron chi connectivity index (χ3n) is 2.85. The molecule has 94 valence electrons. The van der Waals surface area contributed by atoms with Gasteiger partial charge in [0.1, 0.15) is 6.61 Å². The Hall–Kier alpha value is -1.55. The molecular formula is C13H20N2O2. The van der Waals surface area contributed by atoms with Gasteiger partial charge < -0.3 is 15.8 Å². The standard InChI is InChI=1S/C13H20N2O2/c1-3-13(2,10-14)15-12(16)17-9-11-7-5-4-6-8-11/h4-8H,3,9-10,14H2,1-2H3,(H,15,16)/t13-/m1/s1. The summed E-state index contributed by atoms with van der Waals surface area (Å²) in [5, 5.41) is 2.78. The number of benzene rings is 1. The first-order chi connectivity index (χ1) is 8.09. The number of rotatable bonds is 5. The highest BCUT2D eigenvalue weighted by Gasteiger charge is 2.22. The normalized spacial score (nSPS) is 13.8. The summed E-state index contributed by atoms with van der Waals surface area (Å²) in [6, 6.07) is 9.57. The van der Waals surface area contributed by atoms with Gasteiger partial charge >= 0.3 is 6.09 Å². The molecule has 0 aliphatic carbocycles. The van der Waals surface area contributed by atoms with E-state index in [0.29, 0.717) is 6.54 Å². The molecule has 0 aliphatic heterocycles. The lowest BCUT2D eigenvalue weighted by Gasteiger charge is -2.27. The number of amides is 1. The molecule has 0 aromatic heterocycles. The molecule has 0 saturated heterocycles. The average Bonchev–Trinajstić information content (AvgIpc) is 2.37. The minimum atomic E-state index is -0.427. The molecule has 0 fully saturated rings. The monoisotopic (exact) mass is 236 g/mol. The third-order valence-corrected chi connectivity index (χ3v) is 2.85. The van der Waals surface area contributed by atoms with E-state index in [0.717, 1.165) is 12.0 Å². The van der Waals surface area contributed by atoms with Crippen molar-refractivity contribution in [2.24, 2.45) is 5.73 Å². The molecule has 0 spiro atoms. The van der Waals surface area contributed by atoms with Crippen molar-refractivity contribution in [2.45, 2.75) is 32.4 Å². The van der Waals surface area contributed by atoms with Crippen LogP contribution in [-0.4, -0.2) is 18.2 Å². The summed E-state index contributed by atoms with van der Waals surface area (Å²) >= 11 is 0. The second-order valence-electron chi connectivity index (χ2n) is 4.31. The number of hydrogen-bond donors (Lipinski definition) is 2. The van der Waals surface area contributed by atoms with Crippen LogP contribution in [0.4, 0.5) is 4.79 Å². The Kier molecular flexibility index (Phi) is 4.97. The maximum absolute atomic E-state index is 11.6. The fourth-order valence-corrected chi connectivity index (χ4v) is 1.29. The first-order valence-electron chi connectivity index (χ1n) is 5.78. The summed E-state index contributed by atoms with van der Waals surface area (Å²) < 4.78 is 5.12. The van der Waals surface area contributed by atoms with E-state index in [4.69, 9.17) is 10.5 Å². The quantitative estimate of drug-likeness (QED) is 0.822. The predicted octanol–water partition coefficient (Wildman–Crippen LogP) is 2.04. The molecule has 4 heteroatoms. The number of nitrogens with one attached hydrogen (secondary N) is 1. The van der Waals surface area contributed by atoms with Gasteiger partial charge in [-0.1, -0.05) is 37.3 Å².